The number of amidine groups is 1. The summed E-state index contributed by atoms with van der Waals surface area (Å²) in [6.45, 7) is 3.20. The highest BCUT2D eigenvalue weighted by atomic mass is 19.1. The molecule has 0 aliphatic heterocycles. The Labute approximate surface area is 94.0 Å². The van der Waals surface area contributed by atoms with Crippen molar-refractivity contribution in [2.24, 2.45) is 16.5 Å². The molecule has 5 N–H and O–H groups in total. The summed E-state index contributed by atoms with van der Waals surface area (Å²) in [6, 6.07) is 0. The van der Waals surface area contributed by atoms with E-state index in [2.05, 4.69) is 4.99 Å². The highest BCUT2D eigenvalue weighted by Crippen LogP contribution is 2.11. The lowest BCUT2D eigenvalue weighted by Gasteiger charge is -2.16. The highest BCUT2D eigenvalue weighted by molar-refractivity contribution is 5.78. The van der Waals surface area contributed by atoms with Gasteiger partial charge in [-0.05, 0) is 20.3 Å². The topological polar surface area (TPSA) is 102 Å². The number of carboxylic acids is 1. The summed E-state index contributed by atoms with van der Waals surface area (Å²) in [6.07, 6.45) is 1.22. The third-order valence-corrected chi connectivity index (χ3v) is 1.95. The Bertz CT molecular complexity index is 307. The molecule has 0 heterocycles. The van der Waals surface area contributed by atoms with Gasteiger partial charge in [-0.15, -0.1) is 0 Å². The minimum absolute atomic E-state index is 0.0561. The Hall–Kier alpha value is -1.43. The van der Waals surface area contributed by atoms with E-state index in [1.165, 1.54) is 13.0 Å². The monoisotopic (exact) mass is 231 g/mol. The number of nitrogens with two attached hydrogens (primary N) is 2. The average Bonchev–Trinajstić information content (AvgIpc) is 2.14. The van der Waals surface area contributed by atoms with Crippen LogP contribution in [-0.2, 0) is 4.79 Å². The van der Waals surface area contributed by atoms with Gasteiger partial charge in [0.2, 0.25) is 0 Å². The number of aliphatic carboxylic acids is 1. The molecule has 0 aromatic carbocycles. The van der Waals surface area contributed by atoms with Gasteiger partial charge in [0.05, 0.1) is 11.7 Å². The first-order valence-electron chi connectivity index (χ1n) is 4.89. The average molecular weight is 231 g/mol. The van der Waals surface area contributed by atoms with Crippen LogP contribution >= 0.6 is 0 Å². The summed E-state index contributed by atoms with van der Waals surface area (Å²) in [5, 5.41) is 8.69. The molecule has 0 saturated heterocycles. The normalized spacial score (nSPS) is 17.0. The van der Waals surface area contributed by atoms with Crippen molar-refractivity contribution in [2.45, 2.75) is 32.2 Å². The molecule has 0 aliphatic rings. The molecule has 16 heavy (non-hydrogen) atoms. The molecular formula is C10H18FN3O2. The lowest BCUT2D eigenvalue weighted by atomic mass is 9.99. The van der Waals surface area contributed by atoms with Gasteiger partial charge in [0.15, 0.2) is 0 Å². The predicted octanol–water partition coefficient (Wildman–Crippen LogP) is 0.799. The van der Waals surface area contributed by atoms with E-state index in [0.29, 0.717) is 5.84 Å². The van der Waals surface area contributed by atoms with Gasteiger partial charge in [0, 0.05) is 13.0 Å². The van der Waals surface area contributed by atoms with Gasteiger partial charge < -0.3 is 16.6 Å². The zero-order chi connectivity index (χ0) is 12.8. The number of hydrogen-bond donors (Lipinski definition) is 3. The molecule has 1 atom stereocenters. The van der Waals surface area contributed by atoms with Crippen LogP contribution in [0.4, 0.5) is 4.39 Å². The molecule has 0 amide bonds. The Morgan fingerprint density at radius 2 is 2.19 bits per heavy atom. The second kappa shape index (κ2) is 6.22. The van der Waals surface area contributed by atoms with Crippen LogP contribution in [0.1, 0.15) is 26.7 Å². The molecule has 0 saturated carbocycles. The second-order valence-electron chi connectivity index (χ2n) is 3.85. The van der Waals surface area contributed by atoms with Gasteiger partial charge in [-0.25, -0.2) is 4.39 Å². The number of rotatable bonds is 6. The molecule has 0 radical (unpaired) electrons. The molecule has 0 bridgehead atoms. The van der Waals surface area contributed by atoms with Crippen LogP contribution in [-0.4, -0.2) is 29.0 Å². The number of carboxylic acid groups (broad SMARTS) is 1. The maximum Gasteiger partial charge on any atom is 0.323 e. The fourth-order valence-electron chi connectivity index (χ4n) is 0.851. The zero-order valence-corrected chi connectivity index (χ0v) is 9.53. The molecule has 5 nitrogen and oxygen atoms in total. The Balaban J connectivity index is 4.15. The SMILES string of the molecule is CC(N)=NCC/C(F)=C\CC(C)(N)C(=O)O. The number of hydrogen-bond acceptors (Lipinski definition) is 3. The molecule has 0 spiro atoms. The molecule has 0 aromatic rings. The minimum Gasteiger partial charge on any atom is -0.480 e. The predicted molar refractivity (Wildman–Crippen MR) is 60.8 cm³/mol. The van der Waals surface area contributed by atoms with E-state index in [9.17, 15) is 9.18 Å². The van der Waals surface area contributed by atoms with Crippen molar-refractivity contribution in [3.8, 4) is 0 Å². The van der Waals surface area contributed by atoms with Gasteiger partial charge >= 0.3 is 5.97 Å². The Kier molecular flexibility index (Phi) is 5.66. The van der Waals surface area contributed by atoms with Crippen LogP contribution in [0.2, 0.25) is 0 Å². The van der Waals surface area contributed by atoms with E-state index < -0.39 is 17.3 Å². The minimum atomic E-state index is -1.44. The molecule has 92 valence electrons. The van der Waals surface area contributed by atoms with E-state index in [-0.39, 0.29) is 19.4 Å². The summed E-state index contributed by atoms with van der Waals surface area (Å²) in [7, 11) is 0. The zero-order valence-electron chi connectivity index (χ0n) is 9.53. The largest absolute Gasteiger partial charge is 0.480 e. The summed E-state index contributed by atoms with van der Waals surface area (Å²) in [5.41, 5.74) is 9.26. The molecule has 0 aliphatic carbocycles. The van der Waals surface area contributed by atoms with Crippen molar-refractivity contribution in [1.29, 1.82) is 0 Å². The molecule has 6 heteroatoms. The first-order chi connectivity index (χ1) is 7.25. The number of nitrogens with zero attached hydrogens (tertiary/aromatic N) is 1. The third kappa shape index (κ3) is 6.13. The van der Waals surface area contributed by atoms with Crippen LogP contribution in [0.3, 0.4) is 0 Å². The first kappa shape index (κ1) is 14.6. The van der Waals surface area contributed by atoms with E-state index in [4.69, 9.17) is 16.6 Å². The van der Waals surface area contributed by atoms with Crippen molar-refractivity contribution in [2.75, 3.05) is 6.54 Å². The van der Waals surface area contributed by atoms with Crippen molar-refractivity contribution >= 4 is 11.8 Å². The maximum atomic E-state index is 13.1. The maximum absolute atomic E-state index is 13.1. The molecule has 0 aromatic heterocycles. The summed E-state index contributed by atoms with van der Waals surface area (Å²) in [4.78, 5) is 14.4. The quantitative estimate of drug-likeness (QED) is 0.464. The van der Waals surface area contributed by atoms with Crippen LogP contribution < -0.4 is 11.5 Å². The fourth-order valence-corrected chi connectivity index (χ4v) is 0.851. The lowest BCUT2D eigenvalue weighted by molar-refractivity contribution is -0.142. The smallest absolute Gasteiger partial charge is 0.323 e. The number of halogens is 1. The van der Waals surface area contributed by atoms with E-state index in [1.807, 2.05) is 0 Å². The second-order valence-corrected chi connectivity index (χ2v) is 3.85. The Morgan fingerprint density at radius 3 is 2.62 bits per heavy atom. The van der Waals surface area contributed by atoms with Crippen molar-refractivity contribution in [3.63, 3.8) is 0 Å². The fraction of sp³-hybridized carbons (Fsp3) is 0.600. The summed E-state index contributed by atoms with van der Waals surface area (Å²) in [5.74, 6) is -1.20. The summed E-state index contributed by atoms with van der Waals surface area (Å²) >= 11 is 0. The molecular weight excluding hydrogens is 213 g/mol. The molecule has 1 unspecified atom stereocenters. The van der Waals surface area contributed by atoms with Crippen molar-refractivity contribution in [3.05, 3.63) is 11.9 Å². The van der Waals surface area contributed by atoms with Crippen LogP contribution in [0.15, 0.2) is 16.9 Å². The summed E-state index contributed by atoms with van der Waals surface area (Å²) < 4.78 is 13.1. The van der Waals surface area contributed by atoms with Crippen molar-refractivity contribution < 1.29 is 14.3 Å². The van der Waals surface area contributed by atoms with Crippen LogP contribution in [0.5, 0.6) is 0 Å². The molecule has 0 rings (SSSR count). The van der Waals surface area contributed by atoms with E-state index in [0.717, 1.165) is 0 Å². The van der Waals surface area contributed by atoms with Gasteiger partial charge in [-0.3, -0.25) is 9.79 Å². The first-order valence-corrected chi connectivity index (χ1v) is 4.89. The van der Waals surface area contributed by atoms with Gasteiger partial charge in [0.25, 0.3) is 0 Å². The standard InChI is InChI=1S/C10H18FN3O2/c1-7(12)14-6-4-8(11)3-5-10(2,13)9(15)16/h3H,4-6,13H2,1-2H3,(H2,12,14)(H,15,16)/b8-3+. The number of aliphatic imine (C=N–C) groups is 1. The van der Waals surface area contributed by atoms with Crippen LogP contribution in [0, 0.1) is 0 Å². The number of carbonyl (C=O) groups is 1. The lowest BCUT2D eigenvalue weighted by Crippen LogP contribution is -2.44. The molecule has 0 fully saturated rings. The van der Waals surface area contributed by atoms with Gasteiger partial charge in [-0.2, -0.15) is 0 Å². The highest BCUT2D eigenvalue weighted by Gasteiger charge is 2.26. The van der Waals surface area contributed by atoms with E-state index >= 15 is 0 Å². The van der Waals surface area contributed by atoms with Gasteiger partial charge in [0.1, 0.15) is 5.54 Å². The third-order valence-electron chi connectivity index (χ3n) is 1.95. The van der Waals surface area contributed by atoms with Gasteiger partial charge in [-0.1, -0.05) is 6.08 Å². The van der Waals surface area contributed by atoms with Crippen molar-refractivity contribution in [1.82, 2.24) is 0 Å². The van der Waals surface area contributed by atoms with E-state index in [1.54, 1.807) is 6.92 Å². The van der Waals surface area contributed by atoms with Crippen LogP contribution in [0.25, 0.3) is 0 Å². The Morgan fingerprint density at radius 1 is 1.62 bits per heavy atom.